The van der Waals surface area contributed by atoms with Crippen LogP contribution in [0.3, 0.4) is 0 Å². The highest BCUT2D eigenvalue weighted by atomic mass is 32.2. The average molecular weight is 414 g/mol. The number of furan rings is 1. The summed E-state index contributed by atoms with van der Waals surface area (Å²) < 4.78 is 29.1. The number of benzene rings is 1. The minimum atomic E-state index is -3.32. The molecule has 0 spiro atoms. The number of hydrogen-bond donors (Lipinski definition) is 1. The quantitative estimate of drug-likeness (QED) is 0.698. The summed E-state index contributed by atoms with van der Waals surface area (Å²) in [4.78, 5) is 23.4. The highest BCUT2D eigenvalue weighted by Crippen LogP contribution is 2.28. The van der Waals surface area contributed by atoms with Crippen molar-refractivity contribution in [3.05, 3.63) is 48.2 Å². The van der Waals surface area contributed by atoms with Gasteiger partial charge in [0, 0.05) is 30.8 Å². The van der Waals surface area contributed by atoms with Crippen molar-refractivity contribution in [1.82, 2.24) is 15.3 Å². The van der Waals surface area contributed by atoms with Crippen LogP contribution in [0.2, 0.25) is 0 Å². The zero-order valence-corrected chi connectivity index (χ0v) is 17.1. The molecule has 3 aromatic rings. The predicted molar refractivity (Wildman–Crippen MR) is 109 cm³/mol. The van der Waals surface area contributed by atoms with E-state index in [2.05, 4.69) is 20.2 Å². The average Bonchev–Trinajstić information content (AvgIpc) is 3.13. The summed E-state index contributed by atoms with van der Waals surface area (Å²) in [6.07, 6.45) is 5.72. The predicted octanol–water partition coefficient (Wildman–Crippen LogP) is 2.33. The Morgan fingerprint density at radius 1 is 1.21 bits per heavy atom. The number of nitrogens with zero attached hydrogens (tertiary/aromatic N) is 3. The van der Waals surface area contributed by atoms with Gasteiger partial charge < -0.3 is 14.6 Å². The molecule has 29 heavy (non-hydrogen) atoms. The molecular formula is C20H22N4O4S. The number of rotatable bonds is 4. The number of aryl methyl sites for hydroxylation is 1. The van der Waals surface area contributed by atoms with E-state index in [9.17, 15) is 13.2 Å². The SMILES string of the molecule is Cc1occc1C(=O)NC1CCN(c2ncnc3ccc(S(C)(=O)=O)cc23)CC1. The molecule has 1 amide bonds. The van der Waals surface area contributed by atoms with Crippen molar-refractivity contribution in [2.75, 3.05) is 24.2 Å². The molecule has 152 valence electrons. The summed E-state index contributed by atoms with van der Waals surface area (Å²) in [5.74, 6) is 1.20. The van der Waals surface area contributed by atoms with Crippen LogP contribution in [0.15, 0.2) is 46.2 Å². The van der Waals surface area contributed by atoms with Gasteiger partial charge in [-0.3, -0.25) is 4.79 Å². The summed E-state index contributed by atoms with van der Waals surface area (Å²) in [5.41, 5.74) is 1.26. The van der Waals surface area contributed by atoms with Crippen LogP contribution in [0.1, 0.15) is 29.0 Å². The van der Waals surface area contributed by atoms with Crippen LogP contribution in [0.5, 0.6) is 0 Å². The maximum atomic E-state index is 12.4. The normalized spacial score (nSPS) is 15.6. The van der Waals surface area contributed by atoms with Gasteiger partial charge in [-0.25, -0.2) is 18.4 Å². The van der Waals surface area contributed by atoms with Crippen molar-refractivity contribution >= 4 is 32.5 Å². The van der Waals surface area contributed by atoms with Crippen molar-refractivity contribution in [3.8, 4) is 0 Å². The van der Waals surface area contributed by atoms with Crippen LogP contribution in [-0.2, 0) is 9.84 Å². The highest BCUT2D eigenvalue weighted by molar-refractivity contribution is 7.90. The Bertz CT molecular complexity index is 1160. The van der Waals surface area contributed by atoms with Gasteiger partial charge in [-0.15, -0.1) is 0 Å². The molecular weight excluding hydrogens is 392 g/mol. The molecule has 0 bridgehead atoms. The number of sulfone groups is 1. The standard InChI is InChI=1S/C20H22N4O4S/c1-13-16(7-10-28-13)20(25)23-14-5-8-24(9-6-14)19-17-11-15(29(2,26)27)3-4-18(17)21-12-22-19/h3-4,7,10-12,14H,5-6,8-9H2,1-2H3,(H,23,25). The first kappa shape index (κ1) is 19.4. The van der Waals surface area contributed by atoms with Crippen molar-refractivity contribution in [3.63, 3.8) is 0 Å². The van der Waals surface area contributed by atoms with Crippen molar-refractivity contribution in [2.45, 2.75) is 30.7 Å². The Morgan fingerprint density at radius 3 is 2.62 bits per heavy atom. The van der Waals surface area contributed by atoms with Crippen LogP contribution < -0.4 is 10.2 Å². The number of piperidine rings is 1. The van der Waals surface area contributed by atoms with Gasteiger partial charge in [0.05, 0.1) is 22.2 Å². The number of fused-ring (bicyclic) bond motifs is 1. The lowest BCUT2D eigenvalue weighted by atomic mass is 10.0. The Balaban J connectivity index is 1.50. The molecule has 1 N–H and O–H groups in total. The Kier molecular flexibility index (Phi) is 4.99. The first-order chi connectivity index (χ1) is 13.8. The summed E-state index contributed by atoms with van der Waals surface area (Å²) in [6.45, 7) is 3.16. The smallest absolute Gasteiger partial charge is 0.255 e. The second-order valence-electron chi connectivity index (χ2n) is 7.27. The van der Waals surface area contributed by atoms with E-state index in [0.29, 0.717) is 35.3 Å². The fraction of sp³-hybridized carbons (Fsp3) is 0.350. The Morgan fingerprint density at radius 2 is 1.97 bits per heavy atom. The van der Waals surface area contributed by atoms with E-state index in [1.165, 1.54) is 18.8 Å². The van der Waals surface area contributed by atoms with Crippen molar-refractivity contribution in [1.29, 1.82) is 0 Å². The van der Waals surface area contributed by atoms with E-state index in [4.69, 9.17) is 4.42 Å². The van der Waals surface area contributed by atoms with Crippen LogP contribution in [-0.4, -0.2) is 49.7 Å². The number of carbonyl (C=O) groups excluding carboxylic acids is 1. The van der Waals surface area contributed by atoms with Gasteiger partial charge in [0.2, 0.25) is 0 Å². The van der Waals surface area contributed by atoms with Gasteiger partial charge >= 0.3 is 0 Å². The van der Waals surface area contributed by atoms with E-state index >= 15 is 0 Å². The lowest BCUT2D eigenvalue weighted by molar-refractivity contribution is 0.0929. The second kappa shape index (κ2) is 7.47. The molecule has 3 heterocycles. The van der Waals surface area contributed by atoms with Crippen LogP contribution in [0, 0.1) is 6.92 Å². The molecule has 9 heteroatoms. The number of carbonyl (C=O) groups is 1. The van der Waals surface area contributed by atoms with Gasteiger partial charge in [-0.05, 0) is 44.0 Å². The summed E-state index contributed by atoms with van der Waals surface area (Å²) in [7, 11) is -3.32. The van der Waals surface area contributed by atoms with Crippen molar-refractivity contribution < 1.29 is 17.6 Å². The van der Waals surface area contributed by atoms with Gasteiger partial charge in [0.15, 0.2) is 9.84 Å². The molecule has 2 aromatic heterocycles. The number of amides is 1. The molecule has 1 saturated heterocycles. The van der Waals surface area contributed by atoms with Crippen LogP contribution in [0.4, 0.5) is 5.82 Å². The fourth-order valence-corrected chi connectivity index (χ4v) is 4.27. The molecule has 0 radical (unpaired) electrons. The summed E-state index contributed by atoms with van der Waals surface area (Å²) in [6, 6.07) is 6.64. The lowest BCUT2D eigenvalue weighted by Gasteiger charge is -2.33. The second-order valence-corrected chi connectivity index (χ2v) is 9.29. The molecule has 0 atom stereocenters. The molecule has 1 fully saturated rings. The number of nitrogens with one attached hydrogen (secondary N) is 1. The first-order valence-corrected chi connectivity index (χ1v) is 11.3. The molecule has 8 nitrogen and oxygen atoms in total. The zero-order chi connectivity index (χ0) is 20.6. The third-order valence-electron chi connectivity index (χ3n) is 5.25. The lowest BCUT2D eigenvalue weighted by Crippen LogP contribution is -2.45. The first-order valence-electron chi connectivity index (χ1n) is 9.37. The number of anilines is 1. The fourth-order valence-electron chi connectivity index (χ4n) is 3.62. The molecule has 0 saturated carbocycles. The van der Waals surface area contributed by atoms with Crippen LogP contribution >= 0.6 is 0 Å². The summed E-state index contributed by atoms with van der Waals surface area (Å²) >= 11 is 0. The van der Waals surface area contributed by atoms with Crippen molar-refractivity contribution in [2.24, 2.45) is 0 Å². The zero-order valence-electron chi connectivity index (χ0n) is 16.3. The molecule has 1 aliphatic rings. The van der Waals surface area contributed by atoms with Gasteiger partial charge in [0.1, 0.15) is 17.9 Å². The van der Waals surface area contributed by atoms with E-state index < -0.39 is 9.84 Å². The molecule has 1 aromatic carbocycles. The largest absolute Gasteiger partial charge is 0.469 e. The van der Waals surface area contributed by atoms with Gasteiger partial charge in [-0.1, -0.05) is 0 Å². The van der Waals surface area contributed by atoms with Crippen LogP contribution in [0.25, 0.3) is 10.9 Å². The third kappa shape index (κ3) is 3.95. The molecule has 0 unspecified atom stereocenters. The van der Waals surface area contributed by atoms with Gasteiger partial charge in [-0.2, -0.15) is 0 Å². The van der Waals surface area contributed by atoms with E-state index in [-0.39, 0.29) is 16.8 Å². The monoisotopic (exact) mass is 414 g/mol. The summed E-state index contributed by atoms with van der Waals surface area (Å²) in [5, 5.41) is 3.78. The number of aromatic nitrogens is 2. The molecule has 1 aliphatic heterocycles. The Hall–Kier alpha value is -2.94. The van der Waals surface area contributed by atoms with E-state index in [1.54, 1.807) is 31.2 Å². The highest BCUT2D eigenvalue weighted by Gasteiger charge is 2.24. The Labute approximate surface area is 168 Å². The number of hydrogen-bond acceptors (Lipinski definition) is 7. The molecule has 4 rings (SSSR count). The van der Waals surface area contributed by atoms with E-state index in [0.717, 1.165) is 18.7 Å². The van der Waals surface area contributed by atoms with E-state index in [1.807, 2.05) is 0 Å². The molecule has 0 aliphatic carbocycles. The topological polar surface area (TPSA) is 105 Å². The third-order valence-corrected chi connectivity index (χ3v) is 6.36. The van der Waals surface area contributed by atoms with Gasteiger partial charge in [0.25, 0.3) is 5.91 Å². The minimum Gasteiger partial charge on any atom is -0.469 e. The maximum Gasteiger partial charge on any atom is 0.255 e. The maximum absolute atomic E-state index is 12.4. The minimum absolute atomic E-state index is 0.0627.